The van der Waals surface area contributed by atoms with E-state index in [1.165, 1.54) is 6.07 Å². The zero-order valence-corrected chi connectivity index (χ0v) is 20.2. The Morgan fingerprint density at radius 2 is 1.67 bits per heavy atom. The number of ether oxygens (including phenoxy) is 2. The molecule has 7 heteroatoms. The van der Waals surface area contributed by atoms with Crippen LogP contribution in [0.25, 0.3) is 22.1 Å². The second-order valence-electron chi connectivity index (χ2n) is 8.38. The van der Waals surface area contributed by atoms with Crippen molar-refractivity contribution in [2.24, 2.45) is 0 Å². The minimum Gasteiger partial charge on any atom is -0.445 e. The van der Waals surface area contributed by atoms with E-state index in [4.69, 9.17) is 13.9 Å². The third kappa shape index (κ3) is 5.81. The molecule has 0 saturated heterocycles. The molecular formula is C29H27NO6. The number of carbonyl (C=O) groups is 2. The number of hydrogen-bond donors (Lipinski definition) is 1. The Bertz CT molecular complexity index is 1410. The smallest absolute Gasteiger partial charge is 0.408 e. The molecule has 0 saturated carbocycles. The van der Waals surface area contributed by atoms with E-state index >= 15 is 0 Å². The molecule has 0 spiro atoms. The van der Waals surface area contributed by atoms with Crippen molar-refractivity contribution in [1.82, 2.24) is 5.32 Å². The average molecular weight is 486 g/mol. The quantitative estimate of drug-likeness (QED) is 0.193. The van der Waals surface area contributed by atoms with Crippen LogP contribution >= 0.6 is 0 Å². The number of aryl methyl sites for hydroxylation is 1. The number of esters is 1. The number of fused-ring (bicyclic) bond motifs is 1. The fourth-order valence-electron chi connectivity index (χ4n) is 3.93. The SMILES string of the molecule is CCC[C@H](NC(=O)OCc1ccccc1)C(=O)Oc1ccc2c(-c3ccccc3)cc(=O)oc2c1C. The van der Waals surface area contributed by atoms with Crippen LogP contribution in [-0.4, -0.2) is 18.1 Å². The molecule has 0 aliphatic rings. The van der Waals surface area contributed by atoms with E-state index in [-0.39, 0.29) is 12.4 Å². The molecule has 184 valence electrons. The van der Waals surface area contributed by atoms with Gasteiger partial charge in [0, 0.05) is 17.0 Å². The van der Waals surface area contributed by atoms with E-state index < -0.39 is 23.7 Å². The second-order valence-corrected chi connectivity index (χ2v) is 8.38. The predicted octanol–water partition coefficient (Wildman–Crippen LogP) is 5.77. The lowest BCUT2D eigenvalue weighted by Crippen LogP contribution is -2.43. The number of alkyl carbamates (subject to hydrolysis) is 1. The monoisotopic (exact) mass is 485 g/mol. The van der Waals surface area contributed by atoms with Crippen molar-refractivity contribution in [1.29, 1.82) is 0 Å². The Kier molecular flexibility index (Phi) is 7.80. The Morgan fingerprint density at radius 1 is 0.972 bits per heavy atom. The van der Waals surface area contributed by atoms with Crippen molar-refractivity contribution in [2.75, 3.05) is 0 Å². The first-order chi connectivity index (χ1) is 17.5. The number of hydrogen-bond acceptors (Lipinski definition) is 6. The zero-order valence-electron chi connectivity index (χ0n) is 20.2. The molecule has 36 heavy (non-hydrogen) atoms. The maximum absolute atomic E-state index is 13.0. The Morgan fingerprint density at radius 3 is 2.36 bits per heavy atom. The number of nitrogens with one attached hydrogen (secondary N) is 1. The predicted molar refractivity (Wildman–Crippen MR) is 137 cm³/mol. The average Bonchev–Trinajstić information content (AvgIpc) is 2.90. The van der Waals surface area contributed by atoms with Gasteiger partial charge in [-0.25, -0.2) is 14.4 Å². The summed E-state index contributed by atoms with van der Waals surface area (Å²) in [6, 6.07) is 22.8. The third-order valence-electron chi connectivity index (χ3n) is 5.77. The molecule has 4 rings (SSSR count). The van der Waals surface area contributed by atoms with E-state index in [9.17, 15) is 14.4 Å². The summed E-state index contributed by atoms with van der Waals surface area (Å²) < 4.78 is 16.4. The summed E-state index contributed by atoms with van der Waals surface area (Å²) in [6.45, 7) is 3.71. The van der Waals surface area contributed by atoms with Gasteiger partial charge in [-0.3, -0.25) is 0 Å². The summed E-state index contributed by atoms with van der Waals surface area (Å²) >= 11 is 0. The normalized spacial score (nSPS) is 11.6. The molecule has 4 aromatic rings. The van der Waals surface area contributed by atoms with Crippen molar-refractivity contribution < 1.29 is 23.5 Å². The van der Waals surface area contributed by atoms with Crippen molar-refractivity contribution in [3.05, 3.63) is 100 Å². The maximum atomic E-state index is 13.0. The molecular weight excluding hydrogens is 458 g/mol. The largest absolute Gasteiger partial charge is 0.445 e. The maximum Gasteiger partial charge on any atom is 0.408 e. The van der Waals surface area contributed by atoms with Crippen LogP contribution in [0.4, 0.5) is 4.79 Å². The first-order valence-corrected chi connectivity index (χ1v) is 11.8. The van der Waals surface area contributed by atoms with Crippen LogP contribution in [0.15, 0.2) is 88.1 Å². The highest BCUT2D eigenvalue weighted by molar-refractivity contribution is 5.96. The van der Waals surface area contributed by atoms with E-state index in [1.54, 1.807) is 19.1 Å². The first-order valence-electron chi connectivity index (χ1n) is 11.8. The van der Waals surface area contributed by atoms with Crippen LogP contribution in [0.5, 0.6) is 5.75 Å². The van der Waals surface area contributed by atoms with Gasteiger partial charge in [0.1, 0.15) is 24.0 Å². The summed E-state index contributed by atoms with van der Waals surface area (Å²) in [5.74, 6) is -0.376. The topological polar surface area (TPSA) is 94.8 Å². The summed E-state index contributed by atoms with van der Waals surface area (Å²) in [7, 11) is 0. The molecule has 1 amide bonds. The number of benzene rings is 3. The fourth-order valence-corrected chi connectivity index (χ4v) is 3.93. The van der Waals surface area contributed by atoms with Gasteiger partial charge in [-0.2, -0.15) is 0 Å². The Labute approximate surface area is 208 Å². The van der Waals surface area contributed by atoms with Crippen molar-refractivity contribution >= 4 is 23.0 Å². The molecule has 1 heterocycles. The van der Waals surface area contributed by atoms with Gasteiger partial charge in [0.25, 0.3) is 0 Å². The summed E-state index contributed by atoms with van der Waals surface area (Å²) in [5, 5.41) is 3.32. The van der Waals surface area contributed by atoms with Crippen molar-refractivity contribution in [2.45, 2.75) is 39.3 Å². The minimum absolute atomic E-state index is 0.0904. The standard InChI is InChI=1S/C29H27NO6/c1-3-10-24(30-29(33)34-18-20-11-6-4-7-12-20)28(32)35-25-16-15-22-23(21-13-8-5-9-14-21)17-26(31)36-27(22)19(25)2/h4-9,11-17,24H,3,10,18H2,1-2H3,(H,30,33)/t24-/m0/s1. The molecule has 1 atom stereocenters. The van der Waals surface area contributed by atoms with E-state index in [0.717, 1.165) is 22.1 Å². The van der Waals surface area contributed by atoms with Crippen molar-refractivity contribution in [3.63, 3.8) is 0 Å². The third-order valence-corrected chi connectivity index (χ3v) is 5.77. The van der Waals surface area contributed by atoms with Crippen LogP contribution in [0.2, 0.25) is 0 Å². The summed E-state index contributed by atoms with van der Waals surface area (Å²) in [5.41, 5.74) is 2.80. The first kappa shape index (κ1) is 24.7. The lowest BCUT2D eigenvalue weighted by molar-refractivity contribution is -0.136. The summed E-state index contributed by atoms with van der Waals surface area (Å²) in [6.07, 6.45) is 0.312. The molecule has 0 radical (unpaired) electrons. The number of amides is 1. The van der Waals surface area contributed by atoms with Gasteiger partial charge >= 0.3 is 17.7 Å². The molecule has 0 aliphatic heterocycles. The second kappa shape index (κ2) is 11.4. The lowest BCUT2D eigenvalue weighted by Gasteiger charge is -2.18. The molecule has 1 aromatic heterocycles. The van der Waals surface area contributed by atoms with E-state index in [1.807, 2.05) is 67.6 Å². The number of carbonyl (C=O) groups excluding carboxylic acids is 2. The lowest BCUT2D eigenvalue weighted by atomic mass is 10.00. The fraction of sp³-hybridized carbons (Fsp3) is 0.207. The van der Waals surface area contributed by atoms with Crippen molar-refractivity contribution in [3.8, 4) is 16.9 Å². The highest BCUT2D eigenvalue weighted by atomic mass is 16.6. The Balaban J connectivity index is 1.52. The molecule has 3 aromatic carbocycles. The highest BCUT2D eigenvalue weighted by Gasteiger charge is 2.24. The molecule has 1 N–H and O–H groups in total. The molecule has 7 nitrogen and oxygen atoms in total. The number of rotatable bonds is 8. The Hall–Kier alpha value is -4.39. The van der Waals surface area contributed by atoms with Gasteiger partial charge in [-0.05, 0) is 42.2 Å². The van der Waals surface area contributed by atoms with Crippen LogP contribution in [0.3, 0.4) is 0 Å². The molecule has 0 unspecified atom stereocenters. The van der Waals surface area contributed by atoms with Gasteiger partial charge in [-0.15, -0.1) is 0 Å². The molecule has 0 aliphatic carbocycles. The minimum atomic E-state index is -0.893. The summed E-state index contributed by atoms with van der Waals surface area (Å²) in [4.78, 5) is 37.6. The van der Waals surface area contributed by atoms with E-state index in [2.05, 4.69) is 5.32 Å². The van der Waals surface area contributed by atoms with Crippen LogP contribution in [0, 0.1) is 6.92 Å². The van der Waals surface area contributed by atoms with Crippen LogP contribution in [0.1, 0.15) is 30.9 Å². The van der Waals surface area contributed by atoms with Gasteiger partial charge < -0.3 is 19.2 Å². The van der Waals surface area contributed by atoms with Gasteiger partial charge in [0.05, 0.1) is 0 Å². The van der Waals surface area contributed by atoms with Crippen LogP contribution in [-0.2, 0) is 16.1 Å². The van der Waals surface area contributed by atoms with Crippen LogP contribution < -0.4 is 15.7 Å². The highest BCUT2D eigenvalue weighted by Crippen LogP contribution is 2.33. The molecule has 0 fully saturated rings. The zero-order chi connectivity index (χ0) is 25.5. The van der Waals surface area contributed by atoms with Gasteiger partial charge in [-0.1, -0.05) is 74.0 Å². The van der Waals surface area contributed by atoms with Gasteiger partial charge in [0.15, 0.2) is 0 Å². The van der Waals surface area contributed by atoms with Gasteiger partial charge in [0.2, 0.25) is 0 Å². The molecule has 0 bridgehead atoms. The van der Waals surface area contributed by atoms with E-state index in [0.29, 0.717) is 24.0 Å².